The average molecular weight is 272 g/mol. The normalized spacial score (nSPS) is 16.8. The number of aliphatic hydroxyl groups excluding tert-OH is 1. The zero-order valence-corrected chi connectivity index (χ0v) is 12.7. The van der Waals surface area contributed by atoms with Crippen LogP contribution >= 0.6 is 0 Å². The second-order valence-corrected chi connectivity index (χ2v) is 6.24. The minimum absolute atomic E-state index is 0.256. The third-order valence-electron chi connectivity index (χ3n) is 4.39. The van der Waals surface area contributed by atoms with Crippen LogP contribution in [0, 0.1) is 5.92 Å². The van der Waals surface area contributed by atoms with Crippen LogP contribution in [0.15, 0.2) is 18.3 Å². The van der Waals surface area contributed by atoms with Crippen molar-refractivity contribution in [1.82, 2.24) is 9.47 Å². The van der Waals surface area contributed by atoms with Crippen LogP contribution in [0.3, 0.4) is 0 Å². The number of hydrogen-bond donors (Lipinski definition) is 1. The van der Waals surface area contributed by atoms with Crippen LogP contribution in [0.25, 0.3) is 10.9 Å². The summed E-state index contributed by atoms with van der Waals surface area (Å²) in [7, 11) is 2.17. The number of aliphatic hydroxyl groups is 1. The number of benzene rings is 1. The molecule has 2 aromatic rings. The monoisotopic (exact) mass is 272 g/mol. The predicted octanol–water partition coefficient (Wildman–Crippen LogP) is 2.78. The maximum atomic E-state index is 9.31. The highest BCUT2D eigenvalue weighted by molar-refractivity contribution is 5.86. The molecule has 2 heterocycles. The quantitative estimate of drug-likeness (QED) is 0.927. The zero-order valence-electron chi connectivity index (χ0n) is 12.7. The van der Waals surface area contributed by atoms with Crippen molar-refractivity contribution in [2.45, 2.75) is 39.9 Å². The third-order valence-corrected chi connectivity index (χ3v) is 4.39. The summed E-state index contributed by atoms with van der Waals surface area (Å²) in [5.74, 6) is 0.321. The maximum Gasteiger partial charge on any atom is 0.0486 e. The van der Waals surface area contributed by atoms with E-state index in [0.29, 0.717) is 5.92 Å². The molecule has 0 saturated carbocycles. The Morgan fingerprint density at radius 3 is 2.60 bits per heavy atom. The first-order valence-electron chi connectivity index (χ1n) is 7.55. The van der Waals surface area contributed by atoms with E-state index in [4.69, 9.17) is 0 Å². The Morgan fingerprint density at radius 2 is 1.95 bits per heavy atom. The maximum absolute atomic E-state index is 9.31. The van der Waals surface area contributed by atoms with Gasteiger partial charge in [0, 0.05) is 43.3 Å². The summed E-state index contributed by atoms with van der Waals surface area (Å²) in [6, 6.07) is 4.74. The Labute approximate surface area is 120 Å². The van der Waals surface area contributed by atoms with Gasteiger partial charge in [0.25, 0.3) is 0 Å². The molecule has 1 aromatic carbocycles. The van der Waals surface area contributed by atoms with Gasteiger partial charge in [-0.25, -0.2) is 0 Å². The van der Waals surface area contributed by atoms with Crippen LogP contribution in [-0.4, -0.2) is 28.2 Å². The van der Waals surface area contributed by atoms with E-state index in [2.05, 4.69) is 48.7 Å². The lowest BCUT2D eigenvalue weighted by Gasteiger charge is -2.07. The van der Waals surface area contributed by atoms with E-state index in [1.54, 1.807) is 0 Å². The van der Waals surface area contributed by atoms with E-state index in [0.717, 1.165) is 26.1 Å². The second kappa shape index (κ2) is 5.23. The van der Waals surface area contributed by atoms with Crippen LogP contribution in [0.5, 0.6) is 0 Å². The van der Waals surface area contributed by atoms with Crippen molar-refractivity contribution in [2.75, 3.05) is 13.7 Å². The largest absolute Gasteiger partial charge is 0.396 e. The lowest BCUT2D eigenvalue weighted by Crippen LogP contribution is -2.07. The van der Waals surface area contributed by atoms with Gasteiger partial charge in [0.1, 0.15) is 0 Å². The van der Waals surface area contributed by atoms with Gasteiger partial charge in [0.2, 0.25) is 0 Å². The number of hydrogen-bond acceptors (Lipinski definition) is 2. The highest BCUT2D eigenvalue weighted by atomic mass is 16.3. The second-order valence-electron chi connectivity index (χ2n) is 6.24. The van der Waals surface area contributed by atoms with Crippen molar-refractivity contribution < 1.29 is 5.11 Å². The molecule has 108 valence electrons. The van der Waals surface area contributed by atoms with Crippen molar-refractivity contribution >= 4 is 10.9 Å². The van der Waals surface area contributed by atoms with Gasteiger partial charge in [-0.05, 0) is 55.1 Å². The molecule has 0 aliphatic carbocycles. The van der Waals surface area contributed by atoms with Crippen LogP contribution < -0.4 is 0 Å². The fourth-order valence-electron chi connectivity index (χ4n) is 3.29. The Bertz CT molecular complexity index is 629. The van der Waals surface area contributed by atoms with Crippen LogP contribution in [0.2, 0.25) is 0 Å². The highest BCUT2D eigenvalue weighted by Gasteiger charge is 2.19. The lowest BCUT2D eigenvalue weighted by molar-refractivity contribution is 0.237. The molecule has 20 heavy (non-hydrogen) atoms. The summed E-state index contributed by atoms with van der Waals surface area (Å²) in [4.78, 5) is 2.36. The first kappa shape index (κ1) is 13.7. The lowest BCUT2D eigenvalue weighted by atomic mass is 9.99. The Morgan fingerprint density at radius 1 is 1.25 bits per heavy atom. The van der Waals surface area contributed by atoms with Gasteiger partial charge < -0.3 is 9.67 Å². The number of aromatic nitrogens is 1. The van der Waals surface area contributed by atoms with Gasteiger partial charge in [-0.15, -0.1) is 0 Å². The molecule has 0 saturated heterocycles. The van der Waals surface area contributed by atoms with Gasteiger partial charge in [-0.1, -0.05) is 6.92 Å². The number of rotatable bonds is 4. The molecule has 0 bridgehead atoms. The summed E-state index contributed by atoms with van der Waals surface area (Å²) in [6.07, 6.45) is 3.23. The van der Waals surface area contributed by atoms with Crippen molar-refractivity contribution in [1.29, 1.82) is 0 Å². The van der Waals surface area contributed by atoms with Gasteiger partial charge in [-0.3, -0.25) is 4.90 Å². The molecule has 0 fully saturated rings. The van der Waals surface area contributed by atoms with E-state index in [1.807, 2.05) is 0 Å². The molecule has 1 aliphatic heterocycles. The fraction of sp³-hybridized carbons (Fsp3) is 0.529. The van der Waals surface area contributed by atoms with Gasteiger partial charge in [-0.2, -0.15) is 0 Å². The molecule has 3 nitrogen and oxygen atoms in total. The standard InChI is InChI=1S/C17H24N2O/c1-4-19-10-15(5-12(2)11-20)16-6-13-8-18(3)9-14(13)7-17(16)19/h6-7,10,12,20H,4-5,8-9,11H2,1-3H3. The Kier molecular flexibility index (Phi) is 3.57. The molecular weight excluding hydrogens is 248 g/mol. The molecule has 1 unspecified atom stereocenters. The smallest absolute Gasteiger partial charge is 0.0486 e. The molecule has 0 radical (unpaired) electrons. The fourth-order valence-corrected chi connectivity index (χ4v) is 3.29. The minimum Gasteiger partial charge on any atom is -0.396 e. The summed E-state index contributed by atoms with van der Waals surface area (Å²) in [5.41, 5.74) is 5.66. The van der Waals surface area contributed by atoms with E-state index in [9.17, 15) is 5.11 Å². The van der Waals surface area contributed by atoms with Gasteiger partial charge in [0.15, 0.2) is 0 Å². The Balaban J connectivity index is 2.10. The van der Waals surface area contributed by atoms with E-state index >= 15 is 0 Å². The van der Waals surface area contributed by atoms with E-state index in [1.165, 1.54) is 27.6 Å². The predicted molar refractivity (Wildman–Crippen MR) is 82.7 cm³/mol. The van der Waals surface area contributed by atoms with E-state index in [-0.39, 0.29) is 6.61 Å². The minimum atomic E-state index is 0.256. The molecule has 1 aromatic heterocycles. The number of fused-ring (bicyclic) bond motifs is 2. The molecule has 0 spiro atoms. The van der Waals surface area contributed by atoms with Crippen molar-refractivity contribution in [3.63, 3.8) is 0 Å². The summed E-state index contributed by atoms with van der Waals surface area (Å²) in [5, 5.41) is 10.7. The van der Waals surface area contributed by atoms with Crippen molar-refractivity contribution in [2.24, 2.45) is 5.92 Å². The first-order chi connectivity index (χ1) is 9.62. The van der Waals surface area contributed by atoms with Gasteiger partial charge in [0.05, 0.1) is 0 Å². The molecule has 1 atom stereocenters. The summed E-state index contributed by atoms with van der Waals surface area (Å²) < 4.78 is 2.34. The average Bonchev–Trinajstić information content (AvgIpc) is 2.95. The highest BCUT2D eigenvalue weighted by Crippen LogP contribution is 2.31. The van der Waals surface area contributed by atoms with E-state index < -0.39 is 0 Å². The summed E-state index contributed by atoms with van der Waals surface area (Å²) >= 11 is 0. The summed E-state index contributed by atoms with van der Waals surface area (Å²) in [6.45, 7) is 7.67. The SMILES string of the molecule is CCn1cc(CC(C)CO)c2cc3c(cc21)CN(C)C3. The third kappa shape index (κ3) is 2.25. The Hall–Kier alpha value is -1.32. The van der Waals surface area contributed by atoms with Crippen LogP contribution in [-0.2, 0) is 26.1 Å². The van der Waals surface area contributed by atoms with Crippen LogP contribution in [0.1, 0.15) is 30.5 Å². The zero-order chi connectivity index (χ0) is 14.3. The van der Waals surface area contributed by atoms with Crippen LogP contribution in [0.4, 0.5) is 0 Å². The molecule has 1 N–H and O–H groups in total. The molecule has 3 heteroatoms. The molecule has 1 aliphatic rings. The number of aryl methyl sites for hydroxylation is 1. The van der Waals surface area contributed by atoms with Crippen molar-refractivity contribution in [3.8, 4) is 0 Å². The molecule has 3 rings (SSSR count). The number of nitrogens with zero attached hydrogens (tertiary/aromatic N) is 2. The molecule has 0 amide bonds. The molecular formula is C17H24N2O. The topological polar surface area (TPSA) is 28.4 Å². The first-order valence-corrected chi connectivity index (χ1v) is 7.55. The van der Waals surface area contributed by atoms with Crippen molar-refractivity contribution in [3.05, 3.63) is 35.0 Å². The van der Waals surface area contributed by atoms with Gasteiger partial charge >= 0.3 is 0 Å².